The van der Waals surface area contributed by atoms with Gasteiger partial charge in [0.2, 0.25) is 0 Å². The first-order valence-electron chi connectivity index (χ1n) is 7.69. The predicted molar refractivity (Wildman–Crippen MR) is 92.1 cm³/mol. The fraction of sp³-hybridized carbons (Fsp3) is 0.158. The van der Waals surface area contributed by atoms with Crippen LogP contribution < -0.4 is 5.32 Å². The average molecular weight is 305 g/mol. The van der Waals surface area contributed by atoms with Crippen LogP contribution in [0.25, 0.3) is 5.69 Å². The first-order valence-corrected chi connectivity index (χ1v) is 7.69. The van der Waals surface area contributed by atoms with Crippen LogP contribution in [0.15, 0.2) is 60.9 Å². The normalized spacial score (nSPS) is 10.5. The van der Waals surface area contributed by atoms with E-state index in [1.165, 1.54) is 0 Å². The number of carbonyl (C=O) groups is 1. The van der Waals surface area contributed by atoms with Gasteiger partial charge >= 0.3 is 0 Å². The number of pyridine rings is 1. The SMILES string of the molecule is CCc1ccccc1NC(=O)c1cccn1-c1cccnc1C. The van der Waals surface area contributed by atoms with Crippen molar-refractivity contribution in [3.63, 3.8) is 0 Å². The fourth-order valence-corrected chi connectivity index (χ4v) is 2.64. The highest BCUT2D eigenvalue weighted by Gasteiger charge is 2.14. The van der Waals surface area contributed by atoms with Crippen molar-refractivity contribution in [3.05, 3.63) is 77.9 Å². The van der Waals surface area contributed by atoms with E-state index in [4.69, 9.17) is 0 Å². The lowest BCUT2D eigenvalue weighted by atomic mass is 10.1. The molecule has 1 aromatic carbocycles. The van der Waals surface area contributed by atoms with Crippen molar-refractivity contribution in [1.29, 1.82) is 0 Å². The molecule has 0 unspecified atom stereocenters. The van der Waals surface area contributed by atoms with Crippen molar-refractivity contribution in [2.24, 2.45) is 0 Å². The lowest BCUT2D eigenvalue weighted by Crippen LogP contribution is -2.17. The maximum Gasteiger partial charge on any atom is 0.272 e. The number of nitrogens with zero attached hydrogens (tertiary/aromatic N) is 2. The topological polar surface area (TPSA) is 46.9 Å². The summed E-state index contributed by atoms with van der Waals surface area (Å²) in [5.41, 5.74) is 4.36. The molecule has 4 heteroatoms. The molecule has 3 rings (SSSR count). The molecule has 2 aromatic heterocycles. The van der Waals surface area contributed by atoms with Gasteiger partial charge < -0.3 is 9.88 Å². The molecule has 116 valence electrons. The first-order chi connectivity index (χ1) is 11.2. The molecule has 3 aromatic rings. The highest BCUT2D eigenvalue weighted by atomic mass is 16.1. The molecule has 23 heavy (non-hydrogen) atoms. The van der Waals surface area contributed by atoms with Gasteiger partial charge in [-0.2, -0.15) is 0 Å². The van der Waals surface area contributed by atoms with Crippen LogP contribution in [0.2, 0.25) is 0 Å². The number of carbonyl (C=O) groups excluding carboxylic acids is 1. The third kappa shape index (κ3) is 3.01. The summed E-state index contributed by atoms with van der Waals surface area (Å²) in [6.45, 7) is 4.01. The molecule has 2 heterocycles. The maximum absolute atomic E-state index is 12.7. The van der Waals surface area contributed by atoms with Crippen LogP contribution in [0.5, 0.6) is 0 Å². The van der Waals surface area contributed by atoms with E-state index in [1.54, 1.807) is 6.20 Å². The number of hydrogen-bond donors (Lipinski definition) is 1. The van der Waals surface area contributed by atoms with Crippen molar-refractivity contribution in [1.82, 2.24) is 9.55 Å². The van der Waals surface area contributed by atoms with Crippen LogP contribution in [0.3, 0.4) is 0 Å². The highest BCUT2D eigenvalue weighted by molar-refractivity contribution is 6.04. The van der Waals surface area contributed by atoms with Gasteiger partial charge in [0.25, 0.3) is 5.91 Å². The van der Waals surface area contributed by atoms with Crippen LogP contribution in [0, 0.1) is 6.92 Å². The summed E-state index contributed by atoms with van der Waals surface area (Å²) in [4.78, 5) is 17.0. The van der Waals surface area contributed by atoms with E-state index in [9.17, 15) is 4.79 Å². The Morgan fingerprint density at radius 1 is 1.13 bits per heavy atom. The number of aryl methyl sites for hydroxylation is 2. The van der Waals surface area contributed by atoms with E-state index in [0.717, 1.165) is 29.1 Å². The smallest absolute Gasteiger partial charge is 0.272 e. The number of benzene rings is 1. The quantitative estimate of drug-likeness (QED) is 0.792. The van der Waals surface area contributed by atoms with Crippen LogP contribution in [-0.2, 0) is 6.42 Å². The molecule has 0 saturated carbocycles. The minimum absolute atomic E-state index is 0.126. The molecular formula is C19H19N3O. The lowest BCUT2D eigenvalue weighted by Gasteiger charge is -2.13. The summed E-state index contributed by atoms with van der Waals surface area (Å²) in [7, 11) is 0. The zero-order valence-corrected chi connectivity index (χ0v) is 13.3. The Kier molecular flexibility index (Phi) is 4.24. The van der Waals surface area contributed by atoms with E-state index >= 15 is 0 Å². The zero-order chi connectivity index (χ0) is 16.2. The van der Waals surface area contributed by atoms with Crippen LogP contribution in [-0.4, -0.2) is 15.5 Å². The Morgan fingerprint density at radius 3 is 2.74 bits per heavy atom. The largest absolute Gasteiger partial charge is 0.320 e. The van der Waals surface area contributed by atoms with Crippen LogP contribution >= 0.6 is 0 Å². The third-order valence-corrected chi connectivity index (χ3v) is 3.87. The second-order valence-corrected chi connectivity index (χ2v) is 5.34. The van der Waals surface area contributed by atoms with Crippen LogP contribution in [0.4, 0.5) is 5.69 Å². The van der Waals surface area contributed by atoms with E-state index in [0.29, 0.717) is 5.69 Å². The summed E-state index contributed by atoms with van der Waals surface area (Å²) in [6.07, 6.45) is 4.50. The maximum atomic E-state index is 12.7. The summed E-state index contributed by atoms with van der Waals surface area (Å²) in [5, 5.41) is 3.01. The Morgan fingerprint density at radius 2 is 1.96 bits per heavy atom. The minimum Gasteiger partial charge on any atom is -0.320 e. The van der Waals surface area contributed by atoms with Gasteiger partial charge in [-0.25, -0.2) is 0 Å². The van der Waals surface area contributed by atoms with Crippen molar-refractivity contribution >= 4 is 11.6 Å². The van der Waals surface area contributed by atoms with Crippen molar-refractivity contribution < 1.29 is 4.79 Å². The first kappa shape index (κ1) is 15.0. The number of hydrogen-bond acceptors (Lipinski definition) is 2. The molecule has 1 N–H and O–H groups in total. The molecule has 0 fully saturated rings. The second kappa shape index (κ2) is 6.48. The fourth-order valence-electron chi connectivity index (χ4n) is 2.64. The standard InChI is InChI=1S/C19H19N3O/c1-3-15-8-4-5-9-16(15)21-19(23)18-11-7-13-22(18)17-10-6-12-20-14(17)2/h4-13H,3H2,1-2H3,(H,21,23). The third-order valence-electron chi connectivity index (χ3n) is 3.87. The van der Waals surface area contributed by atoms with Gasteiger partial charge in [-0.15, -0.1) is 0 Å². The van der Waals surface area contributed by atoms with Crippen molar-refractivity contribution in [2.75, 3.05) is 5.32 Å². The van der Waals surface area contributed by atoms with E-state index < -0.39 is 0 Å². The molecule has 0 radical (unpaired) electrons. The second-order valence-electron chi connectivity index (χ2n) is 5.34. The van der Waals surface area contributed by atoms with Crippen molar-refractivity contribution in [2.45, 2.75) is 20.3 Å². The van der Waals surface area contributed by atoms with Crippen molar-refractivity contribution in [3.8, 4) is 5.69 Å². The number of nitrogens with one attached hydrogen (secondary N) is 1. The molecule has 4 nitrogen and oxygen atoms in total. The Bertz CT molecular complexity index is 836. The van der Waals surface area contributed by atoms with Gasteiger partial charge in [-0.05, 0) is 49.2 Å². The summed E-state index contributed by atoms with van der Waals surface area (Å²) in [6, 6.07) is 15.4. The number of rotatable bonds is 4. The van der Waals surface area contributed by atoms with Gasteiger partial charge in [0, 0.05) is 18.1 Å². The van der Waals surface area contributed by atoms with Gasteiger partial charge in [-0.1, -0.05) is 25.1 Å². The van der Waals surface area contributed by atoms with Crippen LogP contribution in [0.1, 0.15) is 28.7 Å². The summed E-state index contributed by atoms with van der Waals surface area (Å²) >= 11 is 0. The summed E-state index contributed by atoms with van der Waals surface area (Å²) in [5.74, 6) is -0.126. The molecule has 0 aliphatic rings. The van der Waals surface area contributed by atoms with Gasteiger partial charge in [0.15, 0.2) is 0 Å². The lowest BCUT2D eigenvalue weighted by molar-refractivity contribution is 0.102. The number of anilines is 1. The predicted octanol–water partition coefficient (Wildman–Crippen LogP) is 4.00. The molecule has 1 amide bonds. The van der Waals surface area contributed by atoms with E-state index in [2.05, 4.69) is 17.2 Å². The minimum atomic E-state index is -0.126. The van der Waals surface area contributed by atoms with Gasteiger partial charge in [-0.3, -0.25) is 9.78 Å². The Balaban J connectivity index is 1.93. The Hall–Kier alpha value is -2.88. The monoisotopic (exact) mass is 305 g/mol. The number of aromatic nitrogens is 2. The van der Waals surface area contributed by atoms with E-state index in [-0.39, 0.29) is 5.91 Å². The number of para-hydroxylation sites is 1. The highest BCUT2D eigenvalue weighted by Crippen LogP contribution is 2.19. The molecule has 0 aliphatic heterocycles. The molecule has 0 aliphatic carbocycles. The molecular weight excluding hydrogens is 286 g/mol. The molecule has 0 bridgehead atoms. The zero-order valence-electron chi connectivity index (χ0n) is 13.3. The average Bonchev–Trinajstić information content (AvgIpc) is 3.05. The Labute approximate surface area is 135 Å². The van der Waals surface area contributed by atoms with E-state index in [1.807, 2.05) is 66.2 Å². The molecule has 0 spiro atoms. The van der Waals surface area contributed by atoms with Gasteiger partial charge in [0.1, 0.15) is 5.69 Å². The molecule has 0 saturated heterocycles. The number of amides is 1. The van der Waals surface area contributed by atoms with Gasteiger partial charge in [0.05, 0.1) is 11.4 Å². The summed E-state index contributed by atoms with van der Waals surface area (Å²) < 4.78 is 1.87. The molecule has 0 atom stereocenters.